The summed E-state index contributed by atoms with van der Waals surface area (Å²) in [6.45, 7) is 1.93. The number of thiophene rings is 1. The van der Waals surface area contributed by atoms with Gasteiger partial charge in [-0.3, -0.25) is 9.59 Å². The van der Waals surface area contributed by atoms with Gasteiger partial charge in [0.05, 0.1) is 4.88 Å². The lowest BCUT2D eigenvalue weighted by molar-refractivity contribution is -0.126. The van der Waals surface area contributed by atoms with E-state index >= 15 is 0 Å². The first kappa shape index (κ1) is 21.3. The summed E-state index contributed by atoms with van der Waals surface area (Å²) < 4.78 is 0. The Labute approximate surface area is 187 Å². The van der Waals surface area contributed by atoms with Crippen molar-refractivity contribution in [3.8, 4) is 0 Å². The minimum absolute atomic E-state index is 0.0145. The van der Waals surface area contributed by atoms with Crippen LogP contribution >= 0.6 is 11.3 Å². The van der Waals surface area contributed by atoms with E-state index in [1.165, 1.54) is 22.5 Å². The minimum atomic E-state index is -0.0145. The Morgan fingerprint density at radius 2 is 1.52 bits per heavy atom. The number of piperidine rings is 1. The SMILES string of the molecule is O=C(NCCC(c1ccccc1)c1ccccc1)C1CCN(C(=O)c2cccs2)CC1. The van der Waals surface area contributed by atoms with Crippen LogP contribution in [0.4, 0.5) is 0 Å². The van der Waals surface area contributed by atoms with Gasteiger partial charge in [-0.2, -0.15) is 0 Å². The van der Waals surface area contributed by atoms with Crippen molar-refractivity contribution in [1.82, 2.24) is 10.2 Å². The molecule has 3 aromatic rings. The highest BCUT2D eigenvalue weighted by molar-refractivity contribution is 7.12. The van der Waals surface area contributed by atoms with Gasteiger partial charge >= 0.3 is 0 Å². The number of hydrogen-bond donors (Lipinski definition) is 1. The smallest absolute Gasteiger partial charge is 0.263 e. The van der Waals surface area contributed by atoms with Crippen molar-refractivity contribution >= 4 is 23.2 Å². The molecular weight excluding hydrogens is 404 g/mol. The Morgan fingerprint density at radius 3 is 2.06 bits per heavy atom. The second-order valence-electron chi connectivity index (χ2n) is 8.00. The molecule has 1 aliphatic heterocycles. The van der Waals surface area contributed by atoms with E-state index in [0.29, 0.717) is 19.6 Å². The molecule has 4 nitrogen and oxygen atoms in total. The van der Waals surface area contributed by atoms with E-state index in [2.05, 4.69) is 53.8 Å². The standard InChI is InChI=1S/C26H28N2O2S/c29-25(22-14-17-28(18-15-22)26(30)24-12-7-19-31-24)27-16-13-23(20-8-3-1-4-9-20)21-10-5-2-6-11-21/h1-12,19,22-23H,13-18H2,(H,27,29). The van der Waals surface area contributed by atoms with Crippen LogP contribution in [0.3, 0.4) is 0 Å². The molecule has 31 heavy (non-hydrogen) atoms. The second-order valence-corrected chi connectivity index (χ2v) is 8.95. The normalized spacial score (nSPS) is 14.5. The average molecular weight is 433 g/mol. The number of carbonyl (C=O) groups is 2. The second kappa shape index (κ2) is 10.4. The van der Waals surface area contributed by atoms with Gasteiger partial charge in [0.25, 0.3) is 5.91 Å². The highest BCUT2D eigenvalue weighted by Crippen LogP contribution is 2.27. The van der Waals surface area contributed by atoms with E-state index in [9.17, 15) is 9.59 Å². The van der Waals surface area contributed by atoms with Crippen molar-refractivity contribution in [2.75, 3.05) is 19.6 Å². The zero-order chi connectivity index (χ0) is 21.5. The molecule has 0 radical (unpaired) electrons. The number of amides is 2. The molecule has 5 heteroatoms. The molecule has 160 valence electrons. The predicted octanol–water partition coefficient (Wildman–Crippen LogP) is 4.94. The number of nitrogens with one attached hydrogen (secondary N) is 1. The maximum Gasteiger partial charge on any atom is 0.263 e. The van der Waals surface area contributed by atoms with Crippen LogP contribution in [-0.2, 0) is 4.79 Å². The van der Waals surface area contributed by atoms with Gasteiger partial charge in [-0.25, -0.2) is 0 Å². The summed E-state index contributed by atoms with van der Waals surface area (Å²) in [6.07, 6.45) is 2.31. The fourth-order valence-electron chi connectivity index (χ4n) is 4.28. The molecule has 0 bridgehead atoms. The number of likely N-dealkylation sites (tertiary alicyclic amines) is 1. The molecule has 0 unspecified atom stereocenters. The first-order valence-corrected chi connectivity index (χ1v) is 11.8. The lowest BCUT2D eigenvalue weighted by Gasteiger charge is -2.31. The van der Waals surface area contributed by atoms with Gasteiger partial charge in [0.1, 0.15) is 0 Å². The largest absolute Gasteiger partial charge is 0.356 e. The molecule has 1 aliphatic rings. The quantitative estimate of drug-likeness (QED) is 0.575. The summed E-state index contributed by atoms with van der Waals surface area (Å²) in [5.74, 6) is 0.442. The van der Waals surface area contributed by atoms with Gasteiger partial charge in [0, 0.05) is 31.5 Å². The van der Waals surface area contributed by atoms with Gasteiger partial charge in [0.15, 0.2) is 0 Å². The van der Waals surface area contributed by atoms with Gasteiger partial charge in [-0.15, -0.1) is 11.3 Å². The third-order valence-electron chi connectivity index (χ3n) is 6.02. The fourth-order valence-corrected chi connectivity index (χ4v) is 4.97. The Kier molecular flexibility index (Phi) is 7.15. The molecule has 2 heterocycles. The lowest BCUT2D eigenvalue weighted by Crippen LogP contribution is -2.43. The monoisotopic (exact) mass is 432 g/mol. The summed E-state index contributed by atoms with van der Waals surface area (Å²) in [7, 11) is 0. The topological polar surface area (TPSA) is 49.4 Å². The third kappa shape index (κ3) is 5.42. The highest BCUT2D eigenvalue weighted by atomic mass is 32.1. The molecule has 2 aromatic carbocycles. The van der Waals surface area contributed by atoms with E-state index in [-0.39, 0.29) is 23.7 Å². The molecular formula is C26H28N2O2S. The first-order chi connectivity index (χ1) is 15.2. The summed E-state index contributed by atoms with van der Waals surface area (Å²) in [4.78, 5) is 27.9. The van der Waals surface area contributed by atoms with Gasteiger partial charge in [-0.05, 0) is 41.8 Å². The average Bonchev–Trinajstić information content (AvgIpc) is 3.37. The van der Waals surface area contributed by atoms with Crippen LogP contribution in [0.15, 0.2) is 78.2 Å². The van der Waals surface area contributed by atoms with Crippen LogP contribution in [0.25, 0.3) is 0 Å². The van der Waals surface area contributed by atoms with E-state index < -0.39 is 0 Å². The Morgan fingerprint density at radius 1 is 0.903 bits per heavy atom. The number of carbonyl (C=O) groups excluding carboxylic acids is 2. The molecule has 2 amide bonds. The summed E-state index contributed by atoms with van der Waals surface area (Å²) in [5, 5.41) is 5.08. The zero-order valence-electron chi connectivity index (χ0n) is 17.6. The Balaban J connectivity index is 1.29. The predicted molar refractivity (Wildman–Crippen MR) is 125 cm³/mol. The van der Waals surface area contributed by atoms with Crippen LogP contribution in [0.1, 0.15) is 46.0 Å². The van der Waals surface area contributed by atoms with E-state index in [1.807, 2.05) is 34.5 Å². The number of rotatable bonds is 7. The fraction of sp³-hybridized carbons (Fsp3) is 0.308. The maximum atomic E-state index is 12.7. The molecule has 1 fully saturated rings. The summed E-state index contributed by atoms with van der Waals surface area (Å²) in [6, 6.07) is 24.7. The van der Waals surface area contributed by atoms with E-state index in [1.54, 1.807) is 0 Å². The number of nitrogens with zero attached hydrogens (tertiary/aromatic N) is 1. The van der Waals surface area contributed by atoms with Crippen LogP contribution in [0, 0.1) is 5.92 Å². The number of benzene rings is 2. The van der Waals surface area contributed by atoms with Crippen molar-refractivity contribution in [3.63, 3.8) is 0 Å². The van der Waals surface area contributed by atoms with Crippen LogP contribution in [0.5, 0.6) is 0 Å². The van der Waals surface area contributed by atoms with Crippen LogP contribution in [-0.4, -0.2) is 36.3 Å². The first-order valence-electron chi connectivity index (χ1n) is 10.9. The molecule has 0 spiro atoms. The van der Waals surface area contributed by atoms with Gasteiger partial charge in [-0.1, -0.05) is 66.7 Å². The highest BCUT2D eigenvalue weighted by Gasteiger charge is 2.28. The van der Waals surface area contributed by atoms with Crippen molar-refractivity contribution in [2.24, 2.45) is 5.92 Å². The van der Waals surface area contributed by atoms with E-state index in [0.717, 1.165) is 24.1 Å². The van der Waals surface area contributed by atoms with Gasteiger partial charge < -0.3 is 10.2 Å². The molecule has 1 aromatic heterocycles. The molecule has 4 rings (SSSR count). The van der Waals surface area contributed by atoms with Crippen LogP contribution in [0.2, 0.25) is 0 Å². The van der Waals surface area contributed by atoms with Crippen molar-refractivity contribution < 1.29 is 9.59 Å². The van der Waals surface area contributed by atoms with Crippen molar-refractivity contribution in [2.45, 2.75) is 25.2 Å². The van der Waals surface area contributed by atoms with Gasteiger partial charge in [0.2, 0.25) is 5.91 Å². The van der Waals surface area contributed by atoms with E-state index in [4.69, 9.17) is 0 Å². The molecule has 1 N–H and O–H groups in total. The summed E-state index contributed by atoms with van der Waals surface area (Å²) in [5.41, 5.74) is 2.53. The third-order valence-corrected chi connectivity index (χ3v) is 6.88. The van der Waals surface area contributed by atoms with Crippen LogP contribution < -0.4 is 5.32 Å². The Hall–Kier alpha value is -2.92. The molecule has 0 saturated carbocycles. The van der Waals surface area contributed by atoms with Crippen molar-refractivity contribution in [1.29, 1.82) is 0 Å². The molecule has 1 saturated heterocycles. The molecule has 0 atom stereocenters. The summed E-state index contributed by atoms with van der Waals surface area (Å²) >= 11 is 1.47. The maximum absolute atomic E-state index is 12.7. The zero-order valence-corrected chi connectivity index (χ0v) is 18.4. The lowest BCUT2D eigenvalue weighted by atomic mass is 9.88. The number of hydrogen-bond acceptors (Lipinski definition) is 3. The molecule has 0 aliphatic carbocycles. The Bertz CT molecular complexity index is 926. The van der Waals surface area contributed by atoms with Crippen molar-refractivity contribution in [3.05, 3.63) is 94.2 Å². The minimum Gasteiger partial charge on any atom is -0.356 e.